The molecule has 3 rings (SSSR count). The van der Waals surface area contributed by atoms with Gasteiger partial charge in [-0.25, -0.2) is 0 Å². The van der Waals surface area contributed by atoms with Crippen molar-refractivity contribution in [3.8, 4) is 16.9 Å². The van der Waals surface area contributed by atoms with Crippen LogP contribution in [0.3, 0.4) is 0 Å². The smallest absolute Gasteiger partial charge is 0.119 e. The Bertz CT molecular complexity index is 608. The first-order chi connectivity index (χ1) is 12.3. The maximum atomic E-state index is 5.89. The van der Waals surface area contributed by atoms with Gasteiger partial charge in [0.25, 0.3) is 0 Å². The van der Waals surface area contributed by atoms with Crippen molar-refractivity contribution in [2.75, 3.05) is 6.61 Å². The molecule has 0 saturated heterocycles. The van der Waals surface area contributed by atoms with E-state index in [-0.39, 0.29) is 0 Å². The number of unbranched alkanes of at least 4 members (excludes halogenated alkanes) is 4. The third kappa shape index (κ3) is 5.63. The highest BCUT2D eigenvalue weighted by Gasteiger charge is 2.17. The molecule has 1 fully saturated rings. The van der Waals surface area contributed by atoms with Gasteiger partial charge in [-0.2, -0.15) is 0 Å². The molecule has 1 aliphatic carbocycles. The summed E-state index contributed by atoms with van der Waals surface area (Å²) in [6.45, 7) is 3.15. The van der Waals surface area contributed by atoms with E-state index < -0.39 is 0 Å². The summed E-state index contributed by atoms with van der Waals surface area (Å²) in [7, 11) is 0. The van der Waals surface area contributed by atoms with Crippen molar-refractivity contribution in [3.63, 3.8) is 0 Å². The van der Waals surface area contributed by atoms with E-state index in [0.29, 0.717) is 0 Å². The van der Waals surface area contributed by atoms with E-state index in [1.807, 2.05) is 0 Å². The lowest BCUT2D eigenvalue weighted by Gasteiger charge is -2.25. The fraction of sp³-hybridized carbons (Fsp3) is 0.500. The van der Waals surface area contributed by atoms with Crippen LogP contribution in [-0.4, -0.2) is 6.61 Å². The van der Waals surface area contributed by atoms with Crippen LogP contribution in [0, 0.1) is 5.92 Å². The predicted molar refractivity (Wildman–Crippen MR) is 107 cm³/mol. The highest BCUT2D eigenvalue weighted by molar-refractivity contribution is 5.64. The number of benzene rings is 2. The minimum Gasteiger partial charge on any atom is -0.493 e. The third-order valence-electron chi connectivity index (χ3n) is 5.42. The Balaban J connectivity index is 1.47. The summed E-state index contributed by atoms with van der Waals surface area (Å²) < 4.78 is 5.89. The fourth-order valence-electron chi connectivity index (χ4n) is 3.41. The zero-order chi connectivity index (χ0) is 17.3. The topological polar surface area (TPSA) is 9.23 Å². The van der Waals surface area contributed by atoms with E-state index in [4.69, 9.17) is 4.74 Å². The maximum Gasteiger partial charge on any atom is 0.119 e. The number of rotatable bonds is 10. The third-order valence-corrected chi connectivity index (χ3v) is 5.42. The summed E-state index contributed by atoms with van der Waals surface area (Å²) in [6.07, 6.45) is 12.0. The molecule has 0 unspecified atom stereocenters. The number of aryl methyl sites for hydroxylation is 1. The number of hydrogen-bond donors (Lipinski definition) is 0. The standard InChI is InChI=1S/C24H32O/c1-2-3-4-5-6-8-20-11-13-22(14-12-20)23-15-17-24(18-16-23)25-19-21-9-7-10-21/h11-18,21H,2-10,19H2,1H3. The van der Waals surface area contributed by atoms with Crippen molar-refractivity contribution in [3.05, 3.63) is 54.1 Å². The quantitative estimate of drug-likeness (QED) is 0.422. The van der Waals surface area contributed by atoms with Crippen molar-refractivity contribution >= 4 is 0 Å². The van der Waals surface area contributed by atoms with Gasteiger partial charge in [-0.3, -0.25) is 0 Å². The SMILES string of the molecule is CCCCCCCc1ccc(-c2ccc(OCC3CCC3)cc2)cc1. The summed E-state index contributed by atoms with van der Waals surface area (Å²) in [5.41, 5.74) is 4.02. The van der Waals surface area contributed by atoms with Crippen molar-refractivity contribution < 1.29 is 4.74 Å². The zero-order valence-electron chi connectivity index (χ0n) is 15.7. The Labute approximate surface area is 153 Å². The predicted octanol–water partition coefficient (Wildman–Crippen LogP) is 7.05. The van der Waals surface area contributed by atoms with Gasteiger partial charge in [-0.15, -0.1) is 0 Å². The number of hydrogen-bond acceptors (Lipinski definition) is 1. The van der Waals surface area contributed by atoms with Crippen LogP contribution in [0.1, 0.15) is 63.9 Å². The summed E-state index contributed by atoms with van der Waals surface area (Å²) >= 11 is 0. The lowest BCUT2D eigenvalue weighted by atomic mass is 9.86. The van der Waals surface area contributed by atoms with Gasteiger partial charge >= 0.3 is 0 Å². The minimum atomic E-state index is 0.786. The highest BCUT2D eigenvalue weighted by Crippen LogP contribution is 2.28. The molecule has 2 aromatic carbocycles. The summed E-state index contributed by atoms with van der Waals surface area (Å²) in [5.74, 6) is 1.79. The first-order valence-corrected chi connectivity index (χ1v) is 10.2. The Kier molecular flexibility index (Phi) is 6.97. The Hall–Kier alpha value is -1.76. The molecular weight excluding hydrogens is 304 g/mol. The molecule has 1 nitrogen and oxygen atoms in total. The first-order valence-electron chi connectivity index (χ1n) is 10.2. The van der Waals surface area contributed by atoms with Crippen molar-refractivity contribution in [2.45, 2.75) is 64.7 Å². The summed E-state index contributed by atoms with van der Waals surface area (Å²) in [4.78, 5) is 0. The van der Waals surface area contributed by atoms with Crippen LogP contribution in [0.4, 0.5) is 0 Å². The van der Waals surface area contributed by atoms with E-state index >= 15 is 0 Å². The molecule has 0 N–H and O–H groups in total. The van der Waals surface area contributed by atoms with Gasteiger partial charge in [0.1, 0.15) is 5.75 Å². The first kappa shape index (κ1) is 18.0. The van der Waals surface area contributed by atoms with E-state index in [1.165, 1.54) is 74.5 Å². The molecule has 0 bridgehead atoms. The Morgan fingerprint density at radius 1 is 0.800 bits per heavy atom. The minimum absolute atomic E-state index is 0.786. The Morgan fingerprint density at radius 2 is 1.44 bits per heavy atom. The summed E-state index contributed by atoms with van der Waals surface area (Å²) in [5, 5.41) is 0. The van der Waals surface area contributed by atoms with Crippen LogP contribution in [0.15, 0.2) is 48.5 Å². The average Bonchev–Trinajstić information content (AvgIpc) is 2.61. The molecule has 2 aromatic rings. The van der Waals surface area contributed by atoms with Gasteiger partial charge in [0, 0.05) is 0 Å². The van der Waals surface area contributed by atoms with Crippen LogP contribution < -0.4 is 4.74 Å². The molecule has 25 heavy (non-hydrogen) atoms. The lowest BCUT2D eigenvalue weighted by molar-refractivity contribution is 0.180. The van der Waals surface area contributed by atoms with Crippen molar-refractivity contribution in [1.82, 2.24) is 0 Å². The molecule has 1 heteroatoms. The van der Waals surface area contributed by atoms with Crippen LogP contribution in [0.5, 0.6) is 5.75 Å². The monoisotopic (exact) mass is 336 g/mol. The van der Waals surface area contributed by atoms with Crippen LogP contribution in [0.25, 0.3) is 11.1 Å². The molecule has 0 aromatic heterocycles. The molecule has 1 aliphatic rings. The van der Waals surface area contributed by atoms with Crippen molar-refractivity contribution in [2.24, 2.45) is 5.92 Å². The second kappa shape index (κ2) is 9.65. The highest BCUT2D eigenvalue weighted by atomic mass is 16.5. The molecular formula is C24H32O. The van der Waals surface area contributed by atoms with E-state index in [0.717, 1.165) is 18.3 Å². The van der Waals surface area contributed by atoms with Gasteiger partial charge in [-0.1, -0.05) is 75.4 Å². The zero-order valence-corrected chi connectivity index (χ0v) is 15.7. The van der Waals surface area contributed by atoms with Crippen LogP contribution in [0.2, 0.25) is 0 Å². The molecule has 0 heterocycles. The number of ether oxygens (including phenoxy) is 1. The van der Waals surface area contributed by atoms with E-state index in [2.05, 4.69) is 55.5 Å². The van der Waals surface area contributed by atoms with Gasteiger partial charge < -0.3 is 4.74 Å². The largest absolute Gasteiger partial charge is 0.493 e. The Morgan fingerprint density at radius 3 is 2.04 bits per heavy atom. The fourth-order valence-corrected chi connectivity index (χ4v) is 3.41. The second-order valence-corrected chi connectivity index (χ2v) is 7.49. The van der Waals surface area contributed by atoms with Gasteiger partial charge in [-0.05, 0) is 60.4 Å². The molecule has 0 aliphatic heterocycles. The maximum absolute atomic E-state index is 5.89. The molecule has 0 atom stereocenters. The summed E-state index contributed by atoms with van der Waals surface area (Å²) in [6, 6.07) is 17.7. The normalized spacial score (nSPS) is 14.3. The molecule has 134 valence electrons. The van der Waals surface area contributed by atoms with Gasteiger partial charge in [0.2, 0.25) is 0 Å². The van der Waals surface area contributed by atoms with Crippen molar-refractivity contribution in [1.29, 1.82) is 0 Å². The second-order valence-electron chi connectivity index (χ2n) is 7.49. The molecule has 0 spiro atoms. The molecule has 1 saturated carbocycles. The molecule has 0 radical (unpaired) electrons. The van der Waals surface area contributed by atoms with Crippen LogP contribution >= 0.6 is 0 Å². The van der Waals surface area contributed by atoms with Gasteiger partial charge in [0.05, 0.1) is 6.61 Å². The van der Waals surface area contributed by atoms with E-state index in [9.17, 15) is 0 Å². The van der Waals surface area contributed by atoms with Crippen LogP contribution in [-0.2, 0) is 6.42 Å². The van der Waals surface area contributed by atoms with E-state index in [1.54, 1.807) is 0 Å². The lowest BCUT2D eigenvalue weighted by Crippen LogP contribution is -2.19. The van der Waals surface area contributed by atoms with Gasteiger partial charge in [0.15, 0.2) is 0 Å². The average molecular weight is 337 g/mol. The molecule has 0 amide bonds.